The van der Waals surface area contributed by atoms with Crippen LogP contribution in [0.1, 0.15) is 24.8 Å². The van der Waals surface area contributed by atoms with E-state index in [1.54, 1.807) is 18.5 Å². The molecule has 0 bridgehead atoms. The first-order valence-electron chi connectivity index (χ1n) is 7.56. The molecule has 0 aromatic carbocycles. The third-order valence-corrected chi connectivity index (χ3v) is 3.60. The van der Waals surface area contributed by atoms with Crippen molar-refractivity contribution in [1.29, 1.82) is 0 Å². The molecule has 2 rings (SSSR count). The minimum absolute atomic E-state index is 0.0784. The molecule has 21 heavy (non-hydrogen) atoms. The van der Waals surface area contributed by atoms with Crippen LogP contribution < -0.4 is 10.6 Å². The Morgan fingerprint density at radius 1 is 1.38 bits per heavy atom. The number of aromatic nitrogens is 1. The van der Waals surface area contributed by atoms with Crippen molar-refractivity contribution in [1.82, 2.24) is 15.6 Å². The van der Waals surface area contributed by atoms with E-state index in [0.717, 1.165) is 31.0 Å². The molecule has 0 saturated carbocycles. The molecule has 1 aromatic heterocycles. The SMILES string of the molecule is O=C(/C=C/c1cccnc1)NC/C=C/CC1CCNCC1. The molecule has 1 aromatic rings. The van der Waals surface area contributed by atoms with Crippen LogP contribution in [0.15, 0.2) is 42.8 Å². The van der Waals surface area contributed by atoms with Crippen LogP contribution in [0.25, 0.3) is 6.08 Å². The van der Waals surface area contributed by atoms with E-state index in [1.807, 2.05) is 18.2 Å². The lowest BCUT2D eigenvalue weighted by molar-refractivity contribution is -0.116. The molecule has 1 aliphatic rings. The maximum atomic E-state index is 11.6. The Morgan fingerprint density at radius 3 is 3.00 bits per heavy atom. The van der Waals surface area contributed by atoms with Crippen molar-refractivity contribution >= 4 is 12.0 Å². The minimum Gasteiger partial charge on any atom is -0.349 e. The highest BCUT2D eigenvalue weighted by atomic mass is 16.1. The van der Waals surface area contributed by atoms with E-state index in [4.69, 9.17) is 0 Å². The maximum absolute atomic E-state index is 11.6. The number of pyridine rings is 1. The number of hydrogen-bond donors (Lipinski definition) is 2. The summed E-state index contributed by atoms with van der Waals surface area (Å²) in [6, 6.07) is 3.76. The van der Waals surface area contributed by atoms with Crippen molar-refractivity contribution in [2.45, 2.75) is 19.3 Å². The number of nitrogens with zero attached hydrogens (tertiary/aromatic N) is 1. The highest BCUT2D eigenvalue weighted by Crippen LogP contribution is 2.15. The van der Waals surface area contributed by atoms with Crippen LogP contribution in [0.5, 0.6) is 0 Å². The molecule has 112 valence electrons. The van der Waals surface area contributed by atoms with E-state index < -0.39 is 0 Å². The molecule has 0 unspecified atom stereocenters. The van der Waals surface area contributed by atoms with Gasteiger partial charge in [-0.15, -0.1) is 0 Å². The van der Waals surface area contributed by atoms with E-state index in [-0.39, 0.29) is 5.91 Å². The van der Waals surface area contributed by atoms with Gasteiger partial charge in [0.2, 0.25) is 5.91 Å². The Bertz CT molecular complexity index is 476. The highest BCUT2D eigenvalue weighted by molar-refractivity contribution is 5.91. The van der Waals surface area contributed by atoms with Gasteiger partial charge in [0.1, 0.15) is 0 Å². The van der Waals surface area contributed by atoms with E-state index in [9.17, 15) is 4.79 Å². The molecule has 0 radical (unpaired) electrons. The van der Waals surface area contributed by atoms with Crippen molar-refractivity contribution in [3.8, 4) is 0 Å². The Hall–Kier alpha value is -1.94. The van der Waals surface area contributed by atoms with E-state index in [2.05, 4.69) is 21.7 Å². The third-order valence-electron chi connectivity index (χ3n) is 3.60. The number of hydrogen-bond acceptors (Lipinski definition) is 3. The standard InChI is InChI=1S/C17H23N3O/c21-17(7-6-16-5-3-10-19-14-16)20-11-2-1-4-15-8-12-18-13-9-15/h1-3,5-7,10,14-15,18H,4,8-9,11-13H2,(H,20,21)/b2-1+,7-6+. The second-order valence-electron chi connectivity index (χ2n) is 5.27. The number of nitrogens with one attached hydrogen (secondary N) is 2. The molecule has 1 amide bonds. The number of amides is 1. The van der Waals surface area contributed by atoms with E-state index in [0.29, 0.717) is 6.54 Å². The largest absolute Gasteiger partial charge is 0.349 e. The fourth-order valence-electron chi connectivity index (χ4n) is 2.35. The van der Waals surface area contributed by atoms with Crippen LogP contribution in [-0.2, 0) is 4.79 Å². The van der Waals surface area contributed by atoms with Crippen LogP contribution in [0.3, 0.4) is 0 Å². The van der Waals surface area contributed by atoms with Gasteiger partial charge in [0, 0.05) is 25.0 Å². The van der Waals surface area contributed by atoms with Gasteiger partial charge in [0.15, 0.2) is 0 Å². The normalized spacial score (nSPS) is 16.6. The summed E-state index contributed by atoms with van der Waals surface area (Å²) in [4.78, 5) is 15.6. The summed E-state index contributed by atoms with van der Waals surface area (Å²) >= 11 is 0. The zero-order valence-electron chi connectivity index (χ0n) is 12.3. The van der Waals surface area contributed by atoms with Crippen LogP contribution in [-0.4, -0.2) is 30.5 Å². The molecule has 2 heterocycles. The topological polar surface area (TPSA) is 54.0 Å². The summed E-state index contributed by atoms with van der Waals surface area (Å²) in [5, 5.41) is 6.21. The predicted molar refractivity (Wildman–Crippen MR) is 85.6 cm³/mol. The molecule has 1 aliphatic heterocycles. The maximum Gasteiger partial charge on any atom is 0.244 e. The fraction of sp³-hybridized carbons (Fsp3) is 0.412. The van der Waals surface area contributed by atoms with E-state index >= 15 is 0 Å². The van der Waals surface area contributed by atoms with Gasteiger partial charge >= 0.3 is 0 Å². The predicted octanol–water partition coefficient (Wildman–Crippen LogP) is 2.16. The summed E-state index contributed by atoms with van der Waals surface area (Å²) in [5.74, 6) is 0.717. The molecular weight excluding hydrogens is 262 g/mol. The van der Waals surface area contributed by atoms with Gasteiger partial charge in [-0.25, -0.2) is 0 Å². The molecule has 0 spiro atoms. The van der Waals surface area contributed by atoms with Crippen LogP contribution in [0.2, 0.25) is 0 Å². The van der Waals surface area contributed by atoms with Crippen molar-refractivity contribution in [3.63, 3.8) is 0 Å². The summed E-state index contributed by atoms with van der Waals surface area (Å²) in [5.41, 5.74) is 0.925. The van der Waals surface area contributed by atoms with Gasteiger partial charge in [-0.2, -0.15) is 0 Å². The zero-order chi connectivity index (χ0) is 14.8. The molecule has 4 heteroatoms. The molecular formula is C17H23N3O. The summed E-state index contributed by atoms with van der Waals surface area (Å²) < 4.78 is 0. The van der Waals surface area contributed by atoms with Crippen LogP contribution >= 0.6 is 0 Å². The second kappa shape index (κ2) is 9.08. The molecule has 0 aliphatic carbocycles. The highest BCUT2D eigenvalue weighted by Gasteiger charge is 2.10. The van der Waals surface area contributed by atoms with Gasteiger partial charge in [-0.1, -0.05) is 18.2 Å². The van der Waals surface area contributed by atoms with Gasteiger partial charge in [0.05, 0.1) is 0 Å². The lowest BCUT2D eigenvalue weighted by Crippen LogP contribution is -2.27. The zero-order valence-corrected chi connectivity index (χ0v) is 12.3. The number of carbonyl (C=O) groups is 1. The van der Waals surface area contributed by atoms with Gasteiger partial charge in [-0.3, -0.25) is 9.78 Å². The molecule has 4 nitrogen and oxygen atoms in total. The van der Waals surface area contributed by atoms with E-state index in [1.165, 1.54) is 18.9 Å². The summed E-state index contributed by atoms with van der Waals surface area (Å²) in [7, 11) is 0. The Morgan fingerprint density at radius 2 is 2.24 bits per heavy atom. The lowest BCUT2D eigenvalue weighted by atomic mass is 9.94. The van der Waals surface area contributed by atoms with Crippen LogP contribution in [0, 0.1) is 5.92 Å². The van der Waals surface area contributed by atoms with Crippen molar-refractivity contribution in [2.75, 3.05) is 19.6 Å². The Kier molecular flexibility index (Phi) is 6.68. The second-order valence-corrected chi connectivity index (χ2v) is 5.27. The van der Waals surface area contributed by atoms with Crippen LogP contribution in [0.4, 0.5) is 0 Å². The van der Waals surface area contributed by atoms with Crippen molar-refractivity contribution in [3.05, 3.63) is 48.3 Å². The monoisotopic (exact) mass is 285 g/mol. The molecule has 0 atom stereocenters. The number of carbonyl (C=O) groups excluding carboxylic acids is 1. The number of piperidine rings is 1. The Labute approximate surface area is 126 Å². The number of allylic oxidation sites excluding steroid dienone is 1. The number of rotatable bonds is 6. The molecule has 1 saturated heterocycles. The minimum atomic E-state index is -0.0784. The first kappa shape index (κ1) is 15.4. The lowest BCUT2D eigenvalue weighted by Gasteiger charge is -2.20. The Balaban J connectivity index is 1.61. The smallest absolute Gasteiger partial charge is 0.244 e. The average molecular weight is 285 g/mol. The first-order chi connectivity index (χ1) is 10.3. The van der Waals surface area contributed by atoms with Crippen molar-refractivity contribution in [2.24, 2.45) is 5.92 Å². The van der Waals surface area contributed by atoms with Crippen molar-refractivity contribution < 1.29 is 4.79 Å². The fourth-order valence-corrected chi connectivity index (χ4v) is 2.35. The molecule has 2 N–H and O–H groups in total. The quantitative estimate of drug-likeness (QED) is 0.622. The first-order valence-corrected chi connectivity index (χ1v) is 7.56. The molecule has 1 fully saturated rings. The van der Waals surface area contributed by atoms with Gasteiger partial charge < -0.3 is 10.6 Å². The average Bonchev–Trinajstić information content (AvgIpc) is 2.54. The summed E-state index contributed by atoms with van der Waals surface area (Å²) in [6.07, 6.45) is 14.6. The van der Waals surface area contributed by atoms with Gasteiger partial charge in [-0.05, 0) is 56.0 Å². The summed E-state index contributed by atoms with van der Waals surface area (Å²) in [6.45, 7) is 2.85. The van der Waals surface area contributed by atoms with Gasteiger partial charge in [0.25, 0.3) is 0 Å². The third kappa shape index (κ3) is 6.36.